The third-order valence-electron chi connectivity index (χ3n) is 3.66. The molecule has 6 heteroatoms. The maximum atomic E-state index is 12.5. The maximum absolute atomic E-state index is 12.5. The van der Waals surface area contributed by atoms with E-state index in [0.717, 1.165) is 11.1 Å². The molecule has 2 N–H and O–H groups in total. The van der Waals surface area contributed by atoms with Gasteiger partial charge in [-0.05, 0) is 37.1 Å². The summed E-state index contributed by atoms with van der Waals surface area (Å²) in [6, 6.07) is 10.5. The monoisotopic (exact) mass is 309 g/mol. The van der Waals surface area contributed by atoms with Crippen LogP contribution in [-0.4, -0.2) is 20.4 Å². The number of pyridine rings is 1. The number of nitrogens with zero attached hydrogens (tertiary/aromatic N) is 2. The first-order valence-electron chi connectivity index (χ1n) is 7.07. The molecule has 0 radical (unpaired) electrons. The van der Waals surface area contributed by atoms with Crippen molar-refractivity contribution >= 4 is 17.2 Å². The van der Waals surface area contributed by atoms with Crippen molar-refractivity contribution in [2.24, 2.45) is 0 Å². The van der Waals surface area contributed by atoms with Gasteiger partial charge in [0.2, 0.25) is 5.88 Å². The number of carbonyl (C=O) groups excluding carboxylic acids is 1. The summed E-state index contributed by atoms with van der Waals surface area (Å²) < 4.78 is 1.22. The molecule has 0 saturated heterocycles. The van der Waals surface area contributed by atoms with E-state index in [0.29, 0.717) is 5.69 Å². The van der Waals surface area contributed by atoms with Crippen molar-refractivity contribution < 1.29 is 9.90 Å². The third-order valence-corrected chi connectivity index (χ3v) is 3.66. The Hall–Kier alpha value is -3.15. The van der Waals surface area contributed by atoms with Gasteiger partial charge in [-0.1, -0.05) is 24.3 Å². The number of para-hydroxylation sites is 1. The van der Waals surface area contributed by atoms with E-state index in [1.807, 2.05) is 32.0 Å². The van der Waals surface area contributed by atoms with Gasteiger partial charge in [0.05, 0.1) is 0 Å². The molecule has 0 aliphatic heterocycles. The number of hydrogen-bond acceptors (Lipinski definition) is 4. The van der Waals surface area contributed by atoms with Crippen molar-refractivity contribution in [3.8, 4) is 5.88 Å². The highest BCUT2D eigenvalue weighted by molar-refractivity contribution is 6.06. The molecule has 0 fully saturated rings. The van der Waals surface area contributed by atoms with Gasteiger partial charge in [-0.2, -0.15) is 4.98 Å². The van der Waals surface area contributed by atoms with Crippen molar-refractivity contribution in [1.29, 1.82) is 0 Å². The molecule has 3 aromatic rings. The van der Waals surface area contributed by atoms with Gasteiger partial charge in [0.1, 0.15) is 5.65 Å². The molecule has 1 aromatic carbocycles. The third kappa shape index (κ3) is 2.55. The summed E-state index contributed by atoms with van der Waals surface area (Å²) in [5.74, 6) is -1.26. The highest BCUT2D eigenvalue weighted by Gasteiger charge is 2.20. The number of aromatic hydroxyl groups is 1. The van der Waals surface area contributed by atoms with E-state index in [1.54, 1.807) is 18.2 Å². The fourth-order valence-corrected chi connectivity index (χ4v) is 2.46. The Morgan fingerprint density at radius 2 is 1.83 bits per heavy atom. The van der Waals surface area contributed by atoms with E-state index >= 15 is 0 Å². The van der Waals surface area contributed by atoms with Gasteiger partial charge in [0, 0.05) is 11.9 Å². The van der Waals surface area contributed by atoms with Gasteiger partial charge in [-0.15, -0.1) is 0 Å². The normalized spacial score (nSPS) is 10.7. The predicted octanol–water partition coefficient (Wildman–Crippen LogP) is 2.27. The van der Waals surface area contributed by atoms with Crippen LogP contribution in [0.3, 0.4) is 0 Å². The van der Waals surface area contributed by atoms with Gasteiger partial charge in [0.25, 0.3) is 11.5 Å². The lowest BCUT2D eigenvalue weighted by Gasteiger charge is -2.12. The second-order valence-corrected chi connectivity index (χ2v) is 5.27. The predicted molar refractivity (Wildman–Crippen MR) is 87.0 cm³/mol. The Balaban J connectivity index is 2.10. The Bertz CT molecular complexity index is 956. The molecule has 2 aromatic heterocycles. The molecule has 2 heterocycles. The number of carbonyl (C=O) groups is 1. The van der Waals surface area contributed by atoms with Crippen molar-refractivity contribution in [3.05, 3.63) is 69.6 Å². The molecular weight excluding hydrogens is 294 g/mol. The Kier molecular flexibility index (Phi) is 3.57. The van der Waals surface area contributed by atoms with Crippen LogP contribution in [0.25, 0.3) is 5.65 Å². The zero-order valence-corrected chi connectivity index (χ0v) is 12.7. The van der Waals surface area contributed by atoms with E-state index < -0.39 is 17.3 Å². The zero-order chi connectivity index (χ0) is 16.6. The summed E-state index contributed by atoms with van der Waals surface area (Å²) in [5, 5.41) is 12.7. The molecule has 0 bridgehead atoms. The first-order chi connectivity index (χ1) is 11.0. The van der Waals surface area contributed by atoms with Gasteiger partial charge < -0.3 is 10.4 Å². The van der Waals surface area contributed by atoms with Gasteiger partial charge in [0.15, 0.2) is 5.56 Å². The summed E-state index contributed by atoms with van der Waals surface area (Å²) in [4.78, 5) is 28.8. The molecule has 3 rings (SSSR count). The first kappa shape index (κ1) is 14.8. The average molecular weight is 309 g/mol. The number of nitrogens with one attached hydrogen (secondary N) is 1. The van der Waals surface area contributed by atoms with Crippen LogP contribution in [0, 0.1) is 13.8 Å². The highest BCUT2D eigenvalue weighted by atomic mass is 16.3. The topological polar surface area (TPSA) is 83.7 Å². The molecule has 23 heavy (non-hydrogen) atoms. The van der Waals surface area contributed by atoms with Crippen molar-refractivity contribution in [2.75, 3.05) is 5.32 Å². The molecule has 0 unspecified atom stereocenters. The number of amides is 1. The fraction of sp³-hybridized carbons (Fsp3) is 0.118. The molecule has 1 amide bonds. The van der Waals surface area contributed by atoms with Crippen molar-refractivity contribution in [1.82, 2.24) is 9.38 Å². The largest absolute Gasteiger partial charge is 0.493 e. The Morgan fingerprint density at radius 3 is 2.52 bits per heavy atom. The van der Waals surface area contributed by atoms with E-state index in [9.17, 15) is 14.7 Å². The van der Waals surface area contributed by atoms with Crippen LogP contribution in [0.15, 0.2) is 47.4 Å². The number of anilines is 1. The number of fused-ring (bicyclic) bond motifs is 1. The van der Waals surface area contributed by atoms with Gasteiger partial charge in [-0.3, -0.25) is 14.0 Å². The number of aromatic nitrogens is 2. The molecule has 0 aliphatic rings. The summed E-state index contributed by atoms with van der Waals surface area (Å²) in [5.41, 5.74) is 1.64. The molecule has 6 nitrogen and oxygen atoms in total. The van der Waals surface area contributed by atoms with Crippen LogP contribution in [-0.2, 0) is 0 Å². The van der Waals surface area contributed by atoms with Crippen molar-refractivity contribution in [3.63, 3.8) is 0 Å². The minimum Gasteiger partial charge on any atom is -0.493 e. The summed E-state index contributed by atoms with van der Waals surface area (Å²) in [6.07, 6.45) is 1.50. The average Bonchev–Trinajstić information content (AvgIpc) is 2.51. The smallest absolute Gasteiger partial charge is 0.274 e. The second-order valence-electron chi connectivity index (χ2n) is 5.27. The van der Waals surface area contributed by atoms with Crippen LogP contribution in [0.1, 0.15) is 21.5 Å². The summed E-state index contributed by atoms with van der Waals surface area (Å²) in [6.45, 7) is 3.71. The number of aryl methyl sites for hydroxylation is 2. The molecule has 0 spiro atoms. The molecule has 0 aliphatic carbocycles. The molecular formula is C17H15N3O3. The molecule has 0 atom stereocenters. The minimum absolute atomic E-state index is 0.277. The van der Waals surface area contributed by atoms with E-state index in [-0.39, 0.29) is 11.2 Å². The van der Waals surface area contributed by atoms with Crippen LogP contribution in [0.2, 0.25) is 0 Å². The lowest BCUT2D eigenvalue weighted by Crippen LogP contribution is -2.27. The first-order valence-corrected chi connectivity index (χ1v) is 7.07. The molecule has 0 saturated carbocycles. The number of rotatable bonds is 2. The van der Waals surface area contributed by atoms with Crippen LogP contribution < -0.4 is 10.9 Å². The quantitative estimate of drug-likeness (QED) is 0.760. The maximum Gasteiger partial charge on any atom is 0.274 e. The Morgan fingerprint density at radius 1 is 1.13 bits per heavy atom. The van der Waals surface area contributed by atoms with Gasteiger partial charge >= 0.3 is 0 Å². The second kappa shape index (κ2) is 5.57. The van der Waals surface area contributed by atoms with E-state index in [1.165, 1.54) is 10.6 Å². The fourth-order valence-electron chi connectivity index (χ4n) is 2.46. The lowest BCUT2D eigenvalue weighted by atomic mass is 10.1. The van der Waals surface area contributed by atoms with Crippen molar-refractivity contribution in [2.45, 2.75) is 13.8 Å². The minimum atomic E-state index is -0.685. The SMILES string of the molecule is Cc1cccc(C)c1NC(=O)c1c(O)nc2ccccn2c1=O. The summed E-state index contributed by atoms with van der Waals surface area (Å²) >= 11 is 0. The number of benzene rings is 1. The van der Waals surface area contributed by atoms with E-state index in [4.69, 9.17) is 0 Å². The Labute approximate surface area is 132 Å². The standard InChI is InChI=1S/C17H15N3O3/c1-10-6-5-7-11(2)14(10)19-16(22)13-15(21)18-12-8-3-4-9-20(12)17(13)23/h3-9,21H,1-2H3,(H,19,22). The van der Waals surface area contributed by atoms with E-state index in [2.05, 4.69) is 10.3 Å². The molecule has 116 valence electrons. The van der Waals surface area contributed by atoms with Crippen LogP contribution in [0.4, 0.5) is 5.69 Å². The summed E-state index contributed by atoms with van der Waals surface area (Å²) in [7, 11) is 0. The lowest BCUT2D eigenvalue weighted by molar-refractivity contribution is 0.102. The van der Waals surface area contributed by atoms with Crippen LogP contribution >= 0.6 is 0 Å². The van der Waals surface area contributed by atoms with Crippen LogP contribution in [0.5, 0.6) is 5.88 Å². The zero-order valence-electron chi connectivity index (χ0n) is 12.7. The van der Waals surface area contributed by atoms with Gasteiger partial charge in [-0.25, -0.2) is 0 Å². The number of hydrogen-bond donors (Lipinski definition) is 2. The highest BCUT2D eigenvalue weighted by Crippen LogP contribution is 2.21.